The highest BCUT2D eigenvalue weighted by Gasteiger charge is 2.41. The van der Waals surface area contributed by atoms with E-state index in [2.05, 4.69) is 0 Å². The average Bonchev–Trinajstić information content (AvgIpc) is 3.07. The number of rotatable bonds is 4. The molecule has 1 saturated carbocycles. The fourth-order valence-corrected chi connectivity index (χ4v) is 1.85. The molecule has 0 saturated heterocycles. The number of ether oxygens (including phenoxy) is 1. The summed E-state index contributed by atoms with van der Waals surface area (Å²) >= 11 is 0. The Balaban J connectivity index is 2.39. The van der Waals surface area contributed by atoms with E-state index in [1.807, 2.05) is 0 Å². The molecule has 0 spiro atoms. The molecule has 0 N–H and O–H groups in total. The molecule has 0 unspecified atom stereocenters. The van der Waals surface area contributed by atoms with Crippen molar-refractivity contribution in [3.63, 3.8) is 0 Å². The third kappa shape index (κ3) is 1.76. The predicted octanol–water partition coefficient (Wildman–Crippen LogP) is 1.91. The lowest BCUT2D eigenvalue weighted by molar-refractivity contribution is -0.385. The summed E-state index contributed by atoms with van der Waals surface area (Å²) in [4.78, 5) is 21.0. The van der Waals surface area contributed by atoms with Crippen molar-refractivity contribution in [2.75, 3.05) is 7.11 Å². The first kappa shape index (κ1) is 10.6. The van der Waals surface area contributed by atoms with Crippen LogP contribution in [0.25, 0.3) is 0 Å². The summed E-state index contributed by atoms with van der Waals surface area (Å²) in [5.74, 6) is 0.482. The molecule has 2 atom stereocenters. The van der Waals surface area contributed by atoms with Gasteiger partial charge in [0, 0.05) is 23.5 Å². The number of nitro benzene ring substituents is 1. The van der Waals surface area contributed by atoms with Gasteiger partial charge in [0.05, 0.1) is 12.0 Å². The molecule has 16 heavy (non-hydrogen) atoms. The highest BCUT2D eigenvalue weighted by Crippen LogP contribution is 2.49. The standard InChI is InChI=1S/C11H11NO4/c1-16-8-2-3-11(12(14)15)10(5-8)9-4-7(9)6-13/h2-3,5-7,9H,4H2,1H3/t7-,9+/m0/s1. The Labute approximate surface area is 92.2 Å². The van der Waals surface area contributed by atoms with Crippen LogP contribution < -0.4 is 4.74 Å². The molecule has 2 rings (SSSR count). The third-order valence-corrected chi connectivity index (χ3v) is 2.85. The van der Waals surface area contributed by atoms with E-state index in [-0.39, 0.29) is 17.5 Å². The van der Waals surface area contributed by atoms with Gasteiger partial charge >= 0.3 is 0 Å². The minimum absolute atomic E-state index is 0.0204. The van der Waals surface area contributed by atoms with E-state index < -0.39 is 4.92 Å². The number of hydrogen-bond donors (Lipinski definition) is 0. The number of benzene rings is 1. The minimum atomic E-state index is -0.422. The zero-order valence-corrected chi connectivity index (χ0v) is 8.75. The molecule has 5 heteroatoms. The second-order valence-electron chi connectivity index (χ2n) is 3.82. The normalized spacial score (nSPS) is 22.6. The fraction of sp³-hybridized carbons (Fsp3) is 0.364. The second kappa shape index (κ2) is 3.92. The molecule has 1 aromatic carbocycles. The van der Waals surface area contributed by atoms with Crippen molar-refractivity contribution < 1.29 is 14.5 Å². The van der Waals surface area contributed by atoms with Crippen molar-refractivity contribution >= 4 is 12.0 Å². The molecule has 0 heterocycles. The lowest BCUT2D eigenvalue weighted by Gasteiger charge is -2.04. The van der Waals surface area contributed by atoms with Crippen LogP contribution in [0.3, 0.4) is 0 Å². The monoisotopic (exact) mass is 221 g/mol. The van der Waals surface area contributed by atoms with E-state index in [1.54, 1.807) is 12.1 Å². The first-order valence-electron chi connectivity index (χ1n) is 4.95. The summed E-state index contributed by atoms with van der Waals surface area (Å²) in [6, 6.07) is 4.63. The summed E-state index contributed by atoms with van der Waals surface area (Å²) in [5.41, 5.74) is 0.664. The van der Waals surface area contributed by atoms with Gasteiger partial charge in [-0.3, -0.25) is 10.1 Å². The topological polar surface area (TPSA) is 69.4 Å². The molecule has 0 aromatic heterocycles. The zero-order chi connectivity index (χ0) is 11.7. The van der Waals surface area contributed by atoms with Crippen LogP contribution in [0.4, 0.5) is 5.69 Å². The molecular formula is C11H11NO4. The quantitative estimate of drug-likeness (QED) is 0.442. The molecular weight excluding hydrogens is 210 g/mol. The van der Waals surface area contributed by atoms with Gasteiger partial charge in [-0.05, 0) is 18.6 Å². The number of nitro groups is 1. The summed E-state index contributed by atoms with van der Waals surface area (Å²) in [5, 5.41) is 10.8. The highest BCUT2D eigenvalue weighted by atomic mass is 16.6. The Hall–Kier alpha value is -1.91. The van der Waals surface area contributed by atoms with Gasteiger partial charge in [-0.15, -0.1) is 0 Å². The van der Waals surface area contributed by atoms with Gasteiger partial charge in [0.15, 0.2) is 0 Å². The van der Waals surface area contributed by atoms with Crippen LogP contribution in [-0.2, 0) is 4.79 Å². The van der Waals surface area contributed by atoms with Crippen molar-refractivity contribution in [3.8, 4) is 5.75 Å². The number of carbonyl (C=O) groups excluding carboxylic acids is 1. The van der Waals surface area contributed by atoms with E-state index in [4.69, 9.17) is 4.74 Å². The molecule has 1 aliphatic carbocycles. The van der Waals surface area contributed by atoms with Crippen molar-refractivity contribution in [1.29, 1.82) is 0 Å². The summed E-state index contributed by atoms with van der Waals surface area (Å²) in [7, 11) is 1.51. The largest absolute Gasteiger partial charge is 0.497 e. The zero-order valence-electron chi connectivity index (χ0n) is 8.75. The smallest absolute Gasteiger partial charge is 0.273 e. The Morgan fingerprint density at radius 2 is 2.31 bits per heavy atom. The van der Waals surface area contributed by atoms with E-state index in [0.29, 0.717) is 17.7 Å². The van der Waals surface area contributed by atoms with Crippen molar-refractivity contribution in [3.05, 3.63) is 33.9 Å². The van der Waals surface area contributed by atoms with Crippen molar-refractivity contribution in [2.24, 2.45) is 5.92 Å². The van der Waals surface area contributed by atoms with Gasteiger partial charge in [-0.25, -0.2) is 0 Å². The summed E-state index contributed by atoms with van der Waals surface area (Å²) in [6.45, 7) is 0. The molecule has 0 bridgehead atoms. The van der Waals surface area contributed by atoms with Crippen LogP contribution in [0.2, 0.25) is 0 Å². The number of methoxy groups -OCH3 is 1. The van der Waals surface area contributed by atoms with E-state index >= 15 is 0 Å². The van der Waals surface area contributed by atoms with Crippen LogP contribution >= 0.6 is 0 Å². The molecule has 1 aliphatic rings. The summed E-state index contributed by atoms with van der Waals surface area (Å²) in [6.07, 6.45) is 1.55. The van der Waals surface area contributed by atoms with Gasteiger partial charge in [-0.2, -0.15) is 0 Å². The van der Waals surface area contributed by atoms with E-state index in [1.165, 1.54) is 13.2 Å². The van der Waals surface area contributed by atoms with Crippen LogP contribution in [0.15, 0.2) is 18.2 Å². The molecule has 0 aliphatic heterocycles. The van der Waals surface area contributed by atoms with Crippen molar-refractivity contribution in [1.82, 2.24) is 0 Å². The Morgan fingerprint density at radius 3 is 2.81 bits per heavy atom. The first-order valence-corrected chi connectivity index (χ1v) is 4.95. The van der Waals surface area contributed by atoms with Gasteiger partial charge in [0.1, 0.15) is 12.0 Å². The van der Waals surface area contributed by atoms with Crippen LogP contribution in [-0.4, -0.2) is 18.3 Å². The number of aldehydes is 1. The fourth-order valence-electron chi connectivity index (χ4n) is 1.85. The van der Waals surface area contributed by atoms with Crippen LogP contribution in [0.5, 0.6) is 5.75 Å². The summed E-state index contributed by atoms with van der Waals surface area (Å²) < 4.78 is 5.03. The van der Waals surface area contributed by atoms with Crippen LogP contribution in [0.1, 0.15) is 17.9 Å². The maximum Gasteiger partial charge on any atom is 0.273 e. The lowest BCUT2D eigenvalue weighted by Crippen LogP contribution is -1.96. The van der Waals surface area contributed by atoms with Gasteiger partial charge in [-0.1, -0.05) is 0 Å². The molecule has 1 fully saturated rings. The number of nitrogens with zero attached hydrogens (tertiary/aromatic N) is 1. The van der Waals surface area contributed by atoms with E-state index in [0.717, 1.165) is 6.29 Å². The maximum absolute atomic E-state index is 10.8. The first-order chi connectivity index (χ1) is 7.67. The Bertz CT molecular complexity index is 444. The molecule has 1 aromatic rings. The lowest BCUT2D eigenvalue weighted by atomic mass is 10.1. The van der Waals surface area contributed by atoms with E-state index in [9.17, 15) is 14.9 Å². The second-order valence-corrected chi connectivity index (χ2v) is 3.82. The predicted molar refractivity (Wildman–Crippen MR) is 56.6 cm³/mol. The average molecular weight is 221 g/mol. The Kier molecular flexibility index (Phi) is 2.60. The minimum Gasteiger partial charge on any atom is -0.497 e. The Morgan fingerprint density at radius 1 is 1.56 bits per heavy atom. The van der Waals surface area contributed by atoms with Gasteiger partial charge in [0.25, 0.3) is 5.69 Å². The molecule has 0 amide bonds. The SMILES string of the molecule is COc1ccc([N+](=O)[O-])c([C@@H]2C[C@H]2C=O)c1. The molecule has 84 valence electrons. The number of carbonyl (C=O) groups is 1. The maximum atomic E-state index is 10.8. The van der Waals surface area contributed by atoms with Crippen LogP contribution in [0, 0.1) is 16.0 Å². The van der Waals surface area contributed by atoms with Crippen molar-refractivity contribution in [2.45, 2.75) is 12.3 Å². The third-order valence-electron chi connectivity index (χ3n) is 2.85. The van der Waals surface area contributed by atoms with Gasteiger partial charge < -0.3 is 9.53 Å². The number of hydrogen-bond acceptors (Lipinski definition) is 4. The highest BCUT2D eigenvalue weighted by molar-refractivity contribution is 5.64. The van der Waals surface area contributed by atoms with Gasteiger partial charge in [0.2, 0.25) is 0 Å². The molecule has 5 nitrogen and oxygen atoms in total. The molecule has 0 radical (unpaired) electrons.